The number of nitrogens with zero attached hydrogens (tertiary/aromatic N) is 1. The molecule has 108 valence electrons. The van der Waals surface area contributed by atoms with E-state index >= 15 is 0 Å². The summed E-state index contributed by atoms with van der Waals surface area (Å²) in [5, 5.41) is 3.69. The third-order valence-electron chi connectivity index (χ3n) is 2.97. The normalized spacial score (nSPS) is 11.0. The smallest absolute Gasteiger partial charge is 0.387 e. The Morgan fingerprint density at radius 3 is 2.71 bits per heavy atom. The van der Waals surface area contributed by atoms with Crippen LogP contribution < -0.4 is 10.1 Å². The van der Waals surface area contributed by atoms with Gasteiger partial charge in [-0.2, -0.15) is 8.78 Å². The van der Waals surface area contributed by atoms with Gasteiger partial charge in [-0.1, -0.05) is 35.6 Å². The van der Waals surface area contributed by atoms with Crippen LogP contribution in [-0.4, -0.2) is 11.6 Å². The van der Waals surface area contributed by atoms with Crippen LogP contribution in [0, 0.1) is 6.92 Å². The fourth-order valence-corrected chi connectivity index (χ4v) is 2.98. The maximum atomic E-state index is 12.4. The van der Waals surface area contributed by atoms with Crippen molar-refractivity contribution < 1.29 is 13.5 Å². The molecule has 6 heteroatoms. The lowest BCUT2D eigenvalue weighted by Gasteiger charge is -2.10. The minimum atomic E-state index is -2.86. The molecule has 1 N–H and O–H groups in total. The van der Waals surface area contributed by atoms with E-state index in [2.05, 4.69) is 15.0 Å². The highest BCUT2D eigenvalue weighted by molar-refractivity contribution is 7.22. The summed E-state index contributed by atoms with van der Waals surface area (Å²) in [4.78, 5) is 4.49. The lowest BCUT2D eigenvalue weighted by Crippen LogP contribution is -2.04. The Morgan fingerprint density at radius 1 is 1.14 bits per heavy atom. The average Bonchev–Trinajstić information content (AvgIpc) is 2.84. The molecule has 3 rings (SSSR count). The van der Waals surface area contributed by atoms with Crippen LogP contribution in [0.3, 0.4) is 0 Å². The lowest BCUT2D eigenvalue weighted by atomic mass is 10.2. The molecule has 1 aromatic heterocycles. The van der Waals surface area contributed by atoms with E-state index in [-0.39, 0.29) is 5.75 Å². The quantitative estimate of drug-likeness (QED) is 0.740. The molecule has 0 unspecified atom stereocenters. The lowest BCUT2D eigenvalue weighted by molar-refractivity contribution is -0.0493. The van der Waals surface area contributed by atoms with E-state index in [1.807, 2.05) is 25.1 Å². The van der Waals surface area contributed by atoms with Gasteiger partial charge in [-0.25, -0.2) is 4.98 Å². The van der Waals surface area contributed by atoms with Gasteiger partial charge in [0.25, 0.3) is 0 Å². The van der Waals surface area contributed by atoms with Crippen LogP contribution >= 0.6 is 11.3 Å². The van der Waals surface area contributed by atoms with Crippen molar-refractivity contribution in [3.63, 3.8) is 0 Å². The number of anilines is 2. The van der Waals surface area contributed by atoms with Crippen LogP contribution in [0.4, 0.5) is 19.6 Å². The SMILES string of the molecule is Cc1cccc2sc(Nc3ccccc3OC(F)F)nc12. The zero-order valence-corrected chi connectivity index (χ0v) is 12.0. The number of fused-ring (bicyclic) bond motifs is 1. The van der Waals surface area contributed by atoms with Crippen LogP contribution in [0.25, 0.3) is 10.2 Å². The zero-order valence-electron chi connectivity index (χ0n) is 11.1. The second-order valence-electron chi connectivity index (χ2n) is 4.44. The van der Waals surface area contributed by atoms with Crippen molar-refractivity contribution >= 4 is 32.4 Å². The van der Waals surface area contributed by atoms with Crippen molar-refractivity contribution in [3.8, 4) is 5.75 Å². The Hall–Kier alpha value is -2.21. The molecular formula is C15H12F2N2OS. The number of alkyl halides is 2. The summed E-state index contributed by atoms with van der Waals surface area (Å²) in [7, 11) is 0. The van der Waals surface area contributed by atoms with Crippen molar-refractivity contribution in [1.29, 1.82) is 0 Å². The number of aryl methyl sites for hydroxylation is 1. The highest BCUT2D eigenvalue weighted by Crippen LogP contribution is 2.33. The maximum absolute atomic E-state index is 12.4. The van der Waals surface area contributed by atoms with Gasteiger partial charge < -0.3 is 10.1 Å². The molecule has 0 saturated heterocycles. The van der Waals surface area contributed by atoms with Gasteiger partial charge in [0.15, 0.2) is 5.13 Å². The average molecular weight is 306 g/mol. The second-order valence-corrected chi connectivity index (χ2v) is 5.47. The maximum Gasteiger partial charge on any atom is 0.387 e. The Balaban J connectivity index is 1.93. The van der Waals surface area contributed by atoms with Crippen molar-refractivity contribution in [2.45, 2.75) is 13.5 Å². The Kier molecular flexibility index (Phi) is 3.70. The van der Waals surface area contributed by atoms with Crippen molar-refractivity contribution in [3.05, 3.63) is 48.0 Å². The van der Waals surface area contributed by atoms with Crippen molar-refractivity contribution in [1.82, 2.24) is 4.98 Å². The van der Waals surface area contributed by atoms with Gasteiger partial charge in [0.1, 0.15) is 5.75 Å². The van der Waals surface area contributed by atoms with Gasteiger partial charge in [0.05, 0.1) is 15.9 Å². The first-order chi connectivity index (χ1) is 10.1. The minimum absolute atomic E-state index is 0.100. The fourth-order valence-electron chi connectivity index (χ4n) is 2.02. The van der Waals surface area contributed by atoms with Gasteiger partial charge in [0.2, 0.25) is 0 Å². The number of thiazole rings is 1. The van der Waals surface area contributed by atoms with E-state index in [0.29, 0.717) is 10.8 Å². The predicted molar refractivity (Wildman–Crippen MR) is 80.7 cm³/mol. The Bertz CT molecular complexity index is 773. The Labute approximate surface area is 124 Å². The second kappa shape index (κ2) is 5.65. The molecule has 2 aromatic carbocycles. The Morgan fingerprint density at radius 2 is 1.95 bits per heavy atom. The first kappa shape index (κ1) is 13.8. The largest absolute Gasteiger partial charge is 0.433 e. The molecule has 0 atom stereocenters. The van der Waals surface area contributed by atoms with Crippen LogP contribution in [-0.2, 0) is 0 Å². The standard InChI is InChI=1S/C15H12F2N2OS/c1-9-5-4-8-12-13(9)19-15(21-12)18-10-6-2-3-7-11(10)20-14(16)17/h2-8,14H,1H3,(H,18,19). The molecule has 1 heterocycles. The molecular weight excluding hydrogens is 294 g/mol. The number of aromatic nitrogens is 1. The number of benzene rings is 2. The molecule has 3 aromatic rings. The van der Waals surface area contributed by atoms with Gasteiger partial charge in [0, 0.05) is 0 Å². The minimum Gasteiger partial charge on any atom is -0.433 e. The molecule has 0 bridgehead atoms. The molecule has 3 nitrogen and oxygen atoms in total. The predicted octanol–water partition coefficient (Wildman–Crippen LogP) is 4.95. The number of hydrogen-bond acceptors (Lipinski definition) is 4. The van der Waals surface area contributed by atoms with Gasteiger partial charge in [-0.3, -0.25) is 0 Å². The molecule has 0 fully saturated rings. The van der Waals surface area contributed by atoms with Gasteiger partial charge in [-0.05, 0) is 30.7 Å². The first-order valence-electron chi connectivity index (χ1n) is 6.30. The monoisotopic (exact) mass is 306 g/mol. The zero-order chi connectivity index (χ0) is 14.8. The van der Waals surface area contributed by atoms with E-state index in [0.717, 1.165) is 15.8 Å². The summed E-state index contributed by atoms with van der Waals surface area (Å²) in [5.74, 6) is 0.100. The summed E-state index contributed by atoms with van der Waals surface area (Å²) in [6, 6.07) is 12.5. The molecule has 0 aliphatic heterocycles. The van der Waals surface area contributed by atoms with E-state index in [4.69, 9.17) is 0 Å². The molecule has 0 saturated carbocycles. The topological polar surface area (TPSA) is 34.1 Å². The fraction of sp³-hybridized carbons (Fsp3) is 0.133. The van der Waals surface area contributed by atoms with Crippen LogP contribution in [0.5, 0.6) is 5.75 Å². The number of hydrogen-bond donors (Lipinski definition) is 1. The molecule has 0 spiro atoms. The van der Waals surface area contributed by atoms with E-state index in [9.17, 15) is 8.78 Å². The first-order valence-corrected chi connectivity index (χ1v) is 7.12. The van der Waals surface area contributed by atoms with Crippen LogP contribution in [0.15, 0.2) is 42.5 Å². The van der Waals surface area contributed by atoms with E-state index in [1.54, 1.807) is 18.2 Å². The number of halogens is 2. The third-order valence-corrected chi connectivity index (χ3v) is 3.90. The molecule has 0 aliphatic carbocycles. The molecule has 21 heavy (non-hydrogen) atoms. The van der Waals surface area contributed by atoms with Crippen molar-refractivity contribution in [2.75, 3.05) is 5.32 Å². The van der Waals surface area contributed by atoms with Crippen LogP contribution in [0.2, 0.25) is 0 Å². The van der Waals surface area contributed by atoms with E-state index < -0.39 is 6.61 Å². The third kappa shape index (κ3) is 2.95. The summed E-state index contributed by atoms with van der Waals surface area (Å²) in [5.41, 5.74) is 2.46. The summed E-state index contributed by atoms with van der Waals surface area (Å²) < 4.78 is 30.3. The number of ether oxygens (including phenoxy) is 1. The van der Waals surface area contributed by atoms with E-state index in [1.165, 1.54) is 17.4 Å². The summed E-state index contributed by atoms with van der Waals surface area (Å²) in [6.45, 7) is -0.870. The van der Waals surface area contributed by atoms with Gasteiger partial charge >= 0.3 is 6.61 Å². The highest BCUT2D eigenvalue weighted by Gasteiger charge is 2.11. The van der Waals surface area contributed by atoms with Gasteiger partial charge in [-0.15, -0.1) is 0 Å². The summed E-state index contributed by atoms with van der Waals surface area (Å²) >= 11 is 1.47. The molecule has 0 aliphatic rings. The van der Waals surface area contributed by atoms with Crippen molar-refractivity contribution in [2.24, 2.45) is 0 Å². The van der Waals surface area contributed by atoms with Crippen LogP contribution in [0.1, 0.15) is 5.56 Å². The number of para-hydroxylation sites is 3. The summed E-state index contributed by atoms with van der Waals surface area (Å²) in [6.07, 6.45) is 0. The number of nitrogens with one attached hydrogen (secondary N) is 1. The molecule has 0 radical (unpaired) electrons. The highest BCUT2D eigenvalue weighted by atomic mass is 32.1. The number of rotatable bonds is 4. The molecule has 0 amide bonds.